The highest BCUT2D eigenvalue weighted by Crippen LogP contribution is 2.18. The number of H-pyrrole nitrogens is 1. The van der Waals surface area contributed by atoms with Gasteiger partial charge in [0.05, 0.1) is 18.8 Å². The van der Waals surface area contributed by atoms with Crippen LogP contribution in [0.3, 0.4) is 0 Å². The molecule has 0 unspecified atom stereocenters. The molecule has 0 saturated carbocycles. The van der Waals surface area contributed by atoms with E-state index in [1.165, 1.54) is 0 Å². The summed E-state index contributed by atoms with van der Waals surface area (Å²) in [6.45, 7) is 2.16. The quantitative estimate of drug-likeness (QED) is 0.632. The normalized spacial score (nSPS) is 11.8. The summed E-state index contributed by atoms with van der Waals surface area (Å²) in [5.74, 6) is 0. The minimum atomic E-state index is -2.44. The number of aromatic amines is 1. The highest BCUT2D eigenvalue weighted by Gasteiger charge is 2.14. The Kier molecular flexibility index (Phi) is 4.87. The number of imidazole rings is 1. The molecule has 0 saturated heterocycles. The highest BCUT2D eigenvalue weighted by atomic mass is 32.1. The van der Waals surface area contributed by atoms with Crippen molar-refractivity contribution in [3.8, 4) is 0 Å². The summed E-state index contributed by atoms with van der Waals surface area (Å²) in [6, 6.07) is 0. The van der Waals surface area contributed by atoms with E-state index in [9.17, 15) is 8.78 Å². The number of nitrogens with zero attached hydrogens (tertiary/aromatic N) is 3. The van der Waals surface area contributed by atoms with Crippen LogP contribution in [0.2, 0.25) is 0 Å². The van der Waals surface area contributed by atoms with Gasteiger partial charge in [-0.1, -0.05) is 13.3 Å². The predicted molar refractivity (Wildman–Crippen MR) is 74.7 cm³/mol. The van der Waals surface area contributed by atoms with Gasteiger partial charge in [0, 0.05) is 7.05 Å². The van der Waals surface area contributed by atoms with Gasteiger partial charge in [-0.15, -0.1) is 0 Å². The molecule has 0 aliphatic carbocycles. The van der Waals surface area contributed by atoms with Crippen LogP contribution >= 0.6 is 12.2 Å². The van der Waals surface area contributed by atoms with Gasteiger partial charge in [0.1, 0.15) is 12.1 Å². The van der Waals surface area contributed by atoms with Crippen LogP contribution < -0.4 is 0 Å². The Morgan fingerprint density at radius 3 is 2.85 bits per heavy atom. The Hall–Kier alpha value is -1.28. The molecule has 0 bridgehead atoms. The minimum absolute atomic E-state index is 0.194. The van der Waals surface area contributed by atoms with E-state index in [1.807, 2.05) is 11.6 Å². The van der Waals surface area contributed by atoms with Crippen molar-refractivity contribution in [2.75, 3.05) is 13.2 Å². The molecule has 2 heterocycles. The molecule has 2 aromatic heterocycles. The SMILES string of the molecule is CCCc1nn(C)c2c1[nH]c(=S)n2CCOCC(F)F. The first kappa shape index (κ1) is 15.1. The van der Waals surface area contributed by atoms with Gasteiger partial charge in [-0.25, -0.2) is 8.78 Å². The Labute approximate surface area is 120 Å². The Morgan fingerprint density at radius 2 is 2.20 bits per heavy atom. The van der Waals surface area contributed by atoms with Gasteiger partial charge < -0.3 is 9.72 Å². The summed E-state index contributed by atoms with van der Waals surface area (Å²) in [5, 5.41) is 4.46. The summed E-state index contributed by atoms with van der Waals surface area (Å²) >= 11 is 5.27. The topological polar surface area (TPSA) is 47.8 Å². The number of halogens is 2. The molecule has 8 heteroatoms. The monoisotopic (exact) mass is 304 g/mol. The van der Waals surface area contributed by atoms with Crippen LogP contribution in [0.1, 0.15) is 19.0 Å². The first-order chi connectivity index (χ1) is 9.54. The summed E-state index contributed by atoms with van der Waals surface area (Å²) in [5.41, 5.74) is 2.77. The molecule has 20 heavy (non-hydrogen) atoms. The van der Waals surface area contributed by atoms with Gasteiger partial charge in [-0.3, -0.25) is 9.25 Å². The van der Waals surface area contributed by atoms with Gasteiger partial charge in [0.15, 0.2) is 10.4 Å². The molecule has 0 spiro atoms. The van der Waals surface area contributed by atoms with Crippen molar-refractivity contribution in [2.45, 2.75) is 32.7 Å². The average Bonchev–Trinajstić information content (AvgIpc) is 2.85. The third kappa shape index (κ3) is 3.06. The van der Waals surface area contributed by atoms with Gasteiger partial charge >= 0.3 is 0 Å². The van der Waals surface area contributed by atoms with Crippen molar-refractivity contribution >= 4 is 23.4 Å². The van der Waals surface area contributed by atoms with Crippen LogP contribution in [-0.4, -0.2) is 39.0 Å². The summed E-state index contributed by atoms with van der Waals surface area (Å²) < 4.78 is 33.1. The zero-order valence-corrected chi connectivity index (χ0v) is 12.3. The van der Waals surface area contributed by atoms with Gasteiger partial charge in [0.25, 0.3) is 6.43 Å². The maximum atomic E-state index is 12.0. The number of aryl methyl sites for hydroxylation is 2. The van der Waals surface area contributed by atoms with Crippen molar-refractivity contribution in [3.63, 3.8) is 0 Å². The molecule has 2 rings (SSSR count). The second-order valence-corrected chi connectivity index (χ2v) is 4.95. The fourth-order valence-electron chi connectivity index (χ4n) is 2.23. The fourth-order valence-corrected chi connectivity index (χ4v) is 2.50. The zero-order valence-electron chi connectivity index (χ0n) is 11.5. The lowest BCUT2D eigenvalue weighted by Gasteiger charge is -2.06. The van der Waals surface area contributed by atoms with Crippen LogP contribution in [0.4, 0.5) is 8.78 Å². The van der Waals surface area contributed by atoms with Crippen molar-refractivity contribution in [2.24, 2.45) is 7.05 Å². The number of fused-ring (bicyclic) bond motifs is 1. The smallest absolute Gasteiger partial charge is 0.261 e. The Balaban J connectivity index is 2.20. The first-order valence-corrected chi connectivity index (χ1v) is 6.95. The van der Waals surface area contributed by atoms with E-state index >= 15 is 0 Å². The lowest BCUT2D eigenvalue weighted by molar-refractivity contribution is 0.0149. The van der Waals surface area contributed by atoms with E-state index in [2.05, 4.69) is 17.0 Å². The van der Waals surface area contributed by atoms with E-state index < -0.39 is 13.0 Å². The molecular weight excluding hydrogens is 286 g/mol. The standard InChI is InChI=1S/C12H18F2N4OS/c1-3-4-8-10-11(17(2)16-8)18(12(20)15-10)5-6-19-7-9(13)14/h9H,3-7H2,1-2H3,(H,15,20). The van der Waals surface area contributed by atoms with Crippen LogP contribution in [0.5, 0.6) is 0 Å². The van der Waals surface area contributed by atoms with Crippen molar-refractivity contribution < 1.29 is 13.5 Å². The minimum Gasteiger partial charge on any atom is -0.374 e. The summed E-state index contributed by atoms with van der Waals surface area (Å²) in [6.07, 6.45) is -0.578. The first-order valence-electron chi connectivity index (χ1n) is 6.54. The molecular formula is C12H18F2N4OS. The number of rotatable bonds is 7. The second kappa shape index (κ2) is 6.45. The average molecular weight is 304 g/mol. The maximum Gasteiger partial charge on any atom is 0.261 e. The molecule has 0 aliphatic rings. The Morgan fingerprint density at radius 1 is 1.45 bits per heavy atom. The molecule has 0 aromatic carbocycles. The lowest BCUT2D eigenvalue weighted by Crippen LogP contribution is -2.12. The van der Waals surface area contributed by atoms with Gasteiger partial charge in [-0.05, 0) is 18.6 Å². The van der Waals surface area contributed by atoms with E-state index in [1.54, 1.807) is 4.68 Å². The van der Waals surface area contributed by atoms with Crippen molar-refractivity contribution in [1.29, 1.82) is 0 Å². The van der Waals surface area contributed by atoms with Crippen molar-refractivity contribution in [1.82, 2.24) is 19.3 Å². The number of aromatic nitrogens is 4. The van der Waals surface area contributed by atoms with Crippen LogP contribution in [0.25, 0.3) is 11.2 Å². The van der Waals surface area contributed by atoms with Gasteiger partial charge in [-0.2, -0.15) is 5.10 Å². The Bertz CT molecular complexity index is 631. The van der Waals surface area contributed by atoms with E-state index in [4.69, 9.17) is 17.0 Å². The predicted octanol–water partition coefficient (Wildman–Crippen LogP) is 2.67. The molecule has 0 fully saturated rings. The van der Waals surface area contributed by atoms with E-state index in [0.717, 1.165) is 29.7 Å². The third-order valence-corrected chi connectivity index (χ3v) is 3.33. The van der Waals surface area contributed by atoms with Gasteiger partial charge in [0.2, 0.25) is 0 Å². The summed E-state index contributed by atoms with van der Waals surface area (Å²) in [7, 11) is 1.85. The summed E-state index contributed by atoms with van der Waals surface area (Å²) in [4.78, 5) is 3.14. The number of alkyl halides is 2. The molecule has 0 atom stereocenters. The number of nitrogens with one attached hydrogen (secondary N) is 1. The van der Waals surface area contributed by atoms with Crippen LogP contribution in [-0.2, 0) is 24.8 Å². The molecule has 2 aromatic rings. The molecule has 112 valence electrons. The molecule has 0 aliphatic heterocycles. The van der Waals surface area contributed by atoms with E-state index in [0.29, 0.717) is 11.3 Å². The second-order valence-electron chi connectivity index (χ2n) is 4.57. The largest absolute Gasteiger partial charge is 0.374 e. The maximum absolute atomic E-state index is 12.0. The highest BCUT2D eigenvalue weighted by molar-refractivity contribution is 7.71. The number of hydrogen-bond acceptors (Lipinski definition) is 3. The number of ether oxygens (including phenoxy) is 1. The lowest BCUT2D eigenvalue weighted by atomic mass is 10.2. The van der Waals surface area contributed by atoms with Crippen LogP contribution in [0, 0.1) is 4.77 Å². The third-order valence-electron chi connectivity index (χ3n) is 3.01. The van der Waals surface area contributed by atoms with Crippen LogP contribution in [0.15, 0.2) is 0 Å². The molecule has 5 nitrogen and oxygen atoms in total. The van der Waals surface area contributed by atoms with E-state index in [-0.39, 0.29) is 6.61 Å². The molecule has 1 N–H and O–H groups in total. The zero-order chi connectivity index (χ0) is 14.7. The van der Waals surface area contributed by atoms with Crippen molar-refractivity contribution in [3.05, 3.63) is 10.5 Å². The number of hydrogen-bond donors (Lipinski definition) is 1. The molecule has 0 radical (unpaired) electrons. The molecule has 0 amide bonds. The fraction of sp³-hybridized carbons (Fsp3) is 0.667.